The number of rotatable bonds is 3. The van der Waals surface area contributed by atoms with Crippen molar-refractivity contribution in [3.63, 3.8) is 0 Å². The molecule has 136 valence electrons. The lowest BCUT2D eigenvalue weighted by molar-refractivity contribution is -0.177. The maximum absolute atomic E-state index is 12.8. The van der Waals surface area contributed by atoms with Gasteiger partial charge in [0.25, 0.3) is 11.8 Å². The zero-order chi connectivity index (χ0) is 18.3. The predicted octanol–water partition coefficient (Wildman–Crippen LogP) is 1.92. The van der Waals surface area contributed by atoms with Crippen LogP contribution in [0.4, 0.5) is 0 Å². The zero-order valence-electron chi connectivity index (χ0n) is 14.3. The molecule has 7 heteroatoms. The number of amides is 3. The van der Waals surface area contributed by atoms with Crippen LogP contribution in [0.25, 0.3) is 0 Å². The molecule has 2 fully saturated rings. The summed E-state index contributed by atoms with van der Waals surface area (Å²) in [5.41, 5.74) is 0.473. The van der Waals surface area contributed by atoms with Crippen molar-refractivity contribution in [3.05, 3.63) is 35.4 Å². The molecule has 0 bridgehead atoms. The van der Waals surface area contributed by atoms with E-state index in [2.05, 4.69) is 0 Å². The normalized spacial score (nSPS) is 25.6. The quantitative estimate of drug-likeness (QED) is 0.773. The molecule has 0 radical (unpaired) electrons. The van der Waals surface area contributed by atoms with Crippen molar-refractivity contribution in [2.45, 2.75) is 44.6 Å². The van der Waals surface area contributed by atoms with Gasteiger partial charge in [0.15, 0.2) is 0 Å². The summed E-state index contributed by atoms with van der Waals surface area (Å²) >= 11 is 0. The molecule has 1 saturated carbocycles. The van der Waals surface area contributed by atoms with Crippen LogP contribution in [0.1, 0.15) is 59.2 Å². The van der Waals surface area contributed by atoms with Gasteiger partial charge in [0.2, 0.25) is 5.91 Å². The summed E-state index contributed by atoms with van der Waals surface area (Å²) in [5, 5.41) is 0.560. The Bertz CT molecular complexity index is 755. The third kappa shape index (κ3) is 2.67. The van der Waals surface area contributed by atoms with Crippen molar-refractivity contribution in [1.29, 1.82) is 0 Å². The van der Waals surface area contributed by atoms with Crippen LogP contribution in [0, 0.1) is 5.92 Å². The number of benzene rings is 1. The Morgan fingerprint density at radius 3 is 2.23 bits per heavy atom. The molecule has 0 unspecified atom stereocenters. The van der Waals surface area contributed by atoms with Gasteiger partial charge in [-0.25, -0.2) is 4.79 Å². The molecule has 4 rings (SSSR count). The molecule has 3 amide bonds. The lowest BCUT2D eigenvalue weighted by Crippen LogP contribution is -2.48. The summed E-state index contributed by atoms with van der Waals surface area (Å²) in [6, 6.07) is 6.18. The van der Waals surface area contributed by atoms with Crippen LogP contribution in [0.15, 0.2) is 24.3 Å². The predicted molar refractivity (Wildman–Crippen MR) is 89.7 cm³/mol. The maximum Gasteiger partial charge on any atom is 0.338 e. The average molecular weight is 356 g/mol. The molecule has 0 N–H and O–H groups in total. The molecule has 1 aliphatic carbocycles. The van der Waals surface area contributed by atoms with Crippen LogP contribution in [0.5, 0.6) is 0 Å². The van der Waals surface area contributed by atoms with Crippen molar-refractivity contribution in [3.8, 4) is 0 Å². The molecular weight excluding hydrogens is 336 g/mol. The highest BCUT2D eigenvalue weighted by Gasteiger charge is 2.43. The number of hydrogen-bond acceptors (Lipinski definition) is 5. The number of carbonyl (C=O) groups is 4. The minimum absolute atomic E-state index is 0.0652. The van der Waals surface area contributed by atoms with Gasteiger partial charge in [-0.15, -0.1) is 0 Å². The second kappa shape index (κ2) is 6.55. The molecular formula is C19H20N2O5. The molecule has 2 atom stereocenters. The number of imide groups is 1. The molecule has 1 aromatic rings. The summed E-state index contributed by atoms with van der Waals surface area (Å²) in [7, 11) is 0. The highest BCUT2D eigenvalue weighted by molar-refractivity contribution is 6.20. The smallest absolute Gasteiger partial charge is 0.338 e. The fraction of sp³-hybridized carbons (Fsp3) is 0.474. The molecule has 26 heavy (non-hydrogen) atoms. The molecule has 1 aromatic carbocycles. The Kier molecular flexibility index (Phi) is 4.22. The van der Waals surface area contributed by atoms with Gasteiger partial charge in [-0.3, -0.25) is 14.4 Å². The Labute approximate surface area is 150 Å². The first-order chi connectivity index (χ1) is 12.6. The van der Waals surface area contributed by atoms with Gasteiger partial charge in [-0.2, -0.15) is 0 Å². The van der Waals surface area contributed by atoms with Crippen molar-refractivity contribution < 1.29 is 24.0 Å². The molecule has 3 aliphatic rings. The van der Waals surface area contributed by atoms with Crippen molar-refractivity contribution >= 4 is 23.7 Å². The summed E-state index contributed by atoms with van der Waals surface area (Å²) in [6.45, 7) is 0.653. The second-order valence-corrected chi connectivity index (χ2v) is 7.01. The van der Waals surface area contributed by atoms with Crippen LogP contribution in [0.3, 0.4) is 0 Å². The maximum atomic E-state index is 12.8. The third-order valence-corrected chi connectivity index (χ3v) is 5.48. The summed E-state index contributed by atoms with van der Waals surface area (Å²) in [6.07, 6.45) is 4.46. The van der Waals surface area contributed by atoms with E-state index < -0.39 is 23.7 Å². The van der Waals surface area contributed by atoms with E-state index in [1.165, 1.54) is 12.1 Å². The SMILES string of the molecule is O=C(ON1C(=O)c2ccccc2C1=O)[C@H]1CCCC[C@H]1N1CCCC1=O. The van der Waals surface area contributed by atoms with E-state index >= 15 is 0 Å². The Hall–Kier alpha value is -2.70. The van der Waals surface area contributed by atoms with Gasteiger partial charge in [0.05, 0.1) is 17.0 Å². The van der Waals surface area contributed by atoms with Crippen molar-refractivity contribution in [2.24, 2.45) is 5.92 Å². The minimum atomic E-state index is -0.622. The van der Waals surface area contributed by atoms with Crippen LogP contribution in [-0.4, -0.2) is 46.2 Å². The topological polar surface area (TPSA) is 84.0 Å². The fourth-order valence-electron chi connectivity index (χ4n) is 4.19. The third-order valence-electron chi connectivity index (χ3n) is 5.48. The zero-order valence-corrected chi connectivity index (χ0v) is 14.3. The highest BCUT2D eigenvalue weighted by Crippen LogP contribution is 2.33. The van der Waals surface area contributed by atoms with E-state index in [-0.39, 0.29) is 23.1 Å². The molecule has 2 heterocycles. The van der Waals surface area contributed by atoms with Gasteiger partial charge in [-0.1, -0.05) is 30.0 Å². The molecule has 7 nitrogen and oxygen atoms in total. The molecule has 2 aliphatic heterocycles. The first-order valence-electron chi connectivity index (χ1n) is 9.07. The van der Waals surface area contributed by atoms with Gasteiger partial charge < -0.3 is 9.74 Å². The second-order valence-electron chi connectivity index (χ2n) is 7.01. The van der Waals surface area contributed by atoms with Gasteiger partial charge in [-0.05, 0) is 31.4 Å². The number of likely N-dealkylation sites (tertiary alicyclic amines) is 1. The minimum Gasteiger partial charge on any atom is -0.339 e. The summed E-state index contributed by atoms with van der Waals surface area (Å²) < 4.78 is 0. The fourth-order valence-corrected chi connectivity index (χ4v) is 4.19. The van der Waals surface area contributed by atoms with E-state index in [1.54, 1.807) is 17.0 Å². The van der Waals surface area contributed by atoms with E-state index in [0.29, 0.717) is 24.4 Å². The summed E-state index contributed by atoms with van der Waals surface area (Å²) in [4.78, 5) is 56.6. The van der Waals surface area contributed by atoms with Gasteiger partial charge >= 0.3 is 5.97 Å². The van der Waals surface area contributed by atoms with Crippen LogP contribution >= 0.6 is 0 Å². The first-order valence-corrected chi connectivity index (χ1v) is 9.07. The summed E-state index contributed by atoms with van der Waals surface area (Å²) in [5.74, 6) is -2.29. The first kappa shape index (κ1) is 16.8. The Morgan fingerprint density at radius 1 is 0.962 bits per heavy atom. The number of hydroxylamine groups is 2. The lowest BCUT2D eigenvalue weighted by Gasteiger charge is -2.36. The number of nitrogens with zero attached hydrogens (tertiary/aromatic N) is 2. The standard InChI is InChI=1S/C19H20N2O5/c22-16-10-5-11-20(16)15-9-4-3-8-14(15)19(25)26-21-17(23)12-6-1-2-7-13(12)18(21)24/h1-2,6-7,14-15H,3-5,8-11H2/t14-,15+/m0/s1. The van der Waals surface area contributed by atoms with Crippen LogP contribution < -0.4 is 0 Å². The number of fused-ring (bicyclic) bond motifs is 1. The molecule has 1 saturated heterocycles. The number of carbonyl (C=O) groups excluding carboxylic acids is 4. The van der Waals surface area contributed by atoms with Crippen molar-refractivity contribution in [2.75, 3.05) is 6.54 Å². The van der Waals surface area contributed by atoms with Gasteiger partial charge in [0, 0.05) is 19.0 Å². The monoisotopic (exact) mass is 356 g/mol. The number of hydrogen-bond donors (Lipinski definition) is 0. The molecule has 0 spiro atoms. The Balaban J connectivity index is 1.51. The highest BCUT2D eigenvalue weighted by atomic mass is 16.7. The van der Waals surface area contributed by atoms with Gasteiger partial charge in [0.1, 0.15) is 0 Å². The lowest BCUT2D eigenvalue weighted by atomic mass is 9.83. The van der Waals surface area contributed by atoms with Crippen LogP contribution in [-0.2, 0) is 14.4 Å². The van der Waals surface area contributed by atoms with E-state index in [4.69, 9.17) is 4.84 Å². The van der Waals surface area contributed by atoms with E-state index in [1.807, 2.05) is 0 Å². The van der Waals surface area contributed by atoms with Crippen molar-refractivity contribution in [1.82, 2.24) is 9.96 Å². The molecule has 0 aromatic heterocycles. The van der Waals surface area contributed by atoms with Crippen LogP contribution in [0.2, 0.25) is 0 Å². The van der Waals surface area contributed by atoms with E-state index in [9.17, 15) is 19.2 Å². The Morgan fingerprint density at radius 2 is 1.62 bits per heavy atom. The largest absolute Gasteiger partial charge is 0.339 e. The van der Waals surface area contributed by atoms with E-state index in [0.717, 1.165) is 25.7 Å². The average Bonchev–Trinajstić information content (AvgIpc) is 3.19.